The summed E-state index contributed by atoms with van der Waals surface area (Å²) >= 11 is 0.373. The number of halogens is 1. The SMILES string of the molecule is COC(=O)C1CC2(/C=C\Cc3cnc(-c4n[n]([Tl])c5ncc(F)cc45)nc3N)CCCC1CC2. The van der Waals surface area contributed by atoms with Crippen molar-refractivity contribution in [2.75, 3.05) is 12.8 Å². The zero-order valence-electron chi connectivity index (χ0n) is 19.1. The molecule has 3 atom stereocenters. The van der Waals surface area contributed by atoms with Gasteiger partial charge in [0, 0.05) is 0 Å². The number of nitrogen functional groups attached to an aromatic ring is 1. The third-order valence-electron chi connectivity index (χ3n) is 7.39. The molecule has 3 fully saturated rings. The fourth-order valence-electron chi connectivity index (χ4n) is 5.62. The van der Waals surface area contributed by atoms with Crippen molar-refractivity contribution in [3.05, 3.63) is 42.0 Å². The summed E-state index contributed by atoms with van der Waals surface area (Å²) in [6.45, 7) is 0. The van der Waals surface area contributed by atoms with Crippen LogP contribution in [0.1, 0.15) is 44.1 Å². The summed E-state index contributed by atoms with van der Waals surface area (Å²) in [5.74, 6) is 0.689. The van der Waals surface area contributed by atoms with Gasteiger partial charge in [-0.15, -0.1) is 0 Å². The van der Waals surface area contributed by atoms with Gasteiger partial charge < -0.3 is 4.74 Å². The molecule has 3 heterocycles. The van der Waals surface area contributed by atoms with Crippen LogP contribution in [0.15, 0.2) is 30.6 Å². The summed E-state index contributed by atoms with van der Waals surface area (Å²) in [7, 11) is 1.49. The first-order chi connectivity index (χ1) is 16.4. The van der Waals surface area contributed by atoms with Crippen LogP contribution in [0.3, 0.4) is 0 Å². The minimum atomic E-state index is -0.428. The predicted molar refractivity (Wildman–Crippen MR) is 126 cm³/mol. The number of fused-ring (bicyclic) bond motifs is 5. The second kappa shape index (κ2) is 9.31. The van der Waals surface area contributed by atoms with E-state index in [-0.39, 0.29) is 17.3 Å². The summed E-state index contributed by atoms with van der Waals surface area (Å²) < 4.78 is 20.6. The number of nitrogens with zero attached hydrogens (tertiary/aromatic N) is 5. The third kappa shape index (κ3) is 4.34. The number of aromatic nitrogens is 5. The average Bonchev–Trinajstić information content (AvgIpc) is 2.96. The van der Waals surface area contributed by atoms with E-state index in [1.54, 1.807) is 8.69 Å². The molecule has 3 aromatic rings. The van der Waals surface area contributed by atoms with Gasteiger partial charge in [-0.3, -0.25) is 4.79 Å². The number of methoxy groups -OCH3 is 1. The number of anilines is 1. The molecule has 2 N–H and O–H groups in total. The summed E-state index contributed by atoms with van der Waals surface area (Å²) in [6, 6.07) is 1.40. The fourth-order valence-corrected chi connectivity index (χ4v) is 6.87. The number of carbonyl (C=O) groups is 1. The molecule has 3 aromatic heterocycles. The molecule has 10 heteroatoms. The van der Waals surface area contributed by atoms with Gasteiger partial charge in [0.05, 0.1) is 13.0 Å². The smallest absolute Gasteiger partial charge is 0.0522 e. The number of carbonyl (C=O) groups excluding carboxylic acids is 1. The van der Waals surface area contributed by atoms with Gasteiger partial charge in [-0.1, -0.05) is 6.42 Å². The summed E-state index contributed by atoms with van der Waals surface area (Å²) in [6.07, 6.45) is 14.3. The second-order valence-corrected chi connectivity index (χ2v) is 11.3. The summed E-state index contributed by atoms with van der Waals surface area (Å²) in [4.78, 5) is 25.4. The van der Waals surface area contributed by atoms with Gasteiger partial charge >= 0.3 is 166 Å². The van der Waals surface area contributed by atoms with E-state index in [1.165, 1.54) is 19.4 Å². The van der Waals surface area contributed by atoms with Gasteiger partial charge in [0.2, 0.25) is 0 Å². The van der Waals surface area contributed by atoms with Crippen molar-refractivity contribution in [3.8, 4) is 11.5 Å². The molecule has 174 valence electrons. The van der Waals surface area contributed by atoms with Crippen LogP contribution in [0.5, 0.6) is 0 Å². The number of nitrogens with two attached hydrogens (primary N) is 1. The van der Waals surface area contributed by atoms with E-state index in [9.17, 15) is 9.18 Å². The molecule has 0 amide bonds. The van der Waals surface area contributed by atoms with Crippen LogP contribution in [0, 0.1) is 23.1 Å². The maximum atomic E-state index is 13.8. The van der Waals surface area contributed by atoms with Gasteiger partial charge in [-0.2, -0.15) is 0 Å². The second-order valence-electron chi connectivity index (χ2n) is 9.42. The Balaban J connectivity index is 1.35. The van der Waals surface area contributed by atoms with E-state index in [2.05, 4.69) is 32.2 Å². The Morgan fingerprint density at radius 1 is 1.35 bits per heavy atom. The average molecular weight is 654 g/mol. The molecule has 3 aliphatic rings. The van der Waals surface area contributed by atoms with E-state index in [4.69, 9.17) is 10.5 Å². The number of pyridine rings is 1. The minimum Gasteiger partial charge on any atom is -0.0522 e. The number of hydrogen-bond donors (Lipinski definition) is 1. The van der Waals surface area contributed by atoms with Gasteiger partial charge in [-0.25, -0.2) is 0 Å². The normalized spacial score (nSPS) is 24.5. The predicted octanol–water partition coefficient (Wildman–Crippen LogP) is 3.40. The number of ether oxygens (including phenoxy) is 1. The van der Waals surface area contributed by atoms with Crippen molar-refractivity contribution in [3.63, 3.8) is 0 Å². The van der Waals surface area contributed by atoms with Crippen LogP contribution < -0.4 is 5.73 Å². The molecule has 6 rings (SSSR count). The molecule has 0 aromatic carbocycles. The molecule has 34 heavy (non-hydrogen) atoms. The first-order valence-electron chi connectivity index (χ1n) is 11.6. The monoisotopic (exact) mass is 654 g/mol. The van der Waals surface area contributed by atoms with E-state index in [0.29, 0.717) is 66.8 Å². The number of hydrogen-bond acceptors (Lipinski definition) is 7. The molecule has 0 aliphatic heterocycles. The van der Waals surface area contributed by atoms with Crippen molar-refractivity contribution in [2.24, 2.45) is 17.3 Å². The molecule has 0 saturated heterocycles. The van der Waals surface area contributed by atoms with Gasteiger partial charge in [0.1, 0.15) is 0 Å². The minimum absolute atomic E-state index is 0.00483. The Labute approximate surface area is 213 Å². The number of allylic oxidation sites excluding steroid dienone is 2. The van der Waals surface area contributed by atoms with Crippen LogP contribution in [-0.2, 0) is 16.0 Å². The van der Waals surface area contributed by atoms with Gasteiger partial charge in [-0.05, 0) is 18.8 Å². The molecule has 0 radical (unpaired) electrons. The topological polar surface area (TPSA) is 109 Å². The van der Waals surface area contributed by atoms with Crippen molar-refractivity contribution in [2.45, 2.75) is 44.9 Å². The summed E-state index contributed by atoms with van der Waals surface area (Å²) in [5, 5.41) is 5.07. The first kappa shape index (κ1) is 23.3. The van der Waals surface area contributed by atoms with Crippen LogP contribution in [0.2, 0.25) is 0 Å². The standard InChI is InChI=1S/C24H26FN6O2.Tl/c1-33-23(32)18-11-24(7-2-4-14(18)6-9-24)8-3-5-15-12-27-22(29-20(15)26)19-17-10-16(25)13-28-21(17)31-30-19;/h3,8,10,12-14,18H,2,4-7,9,11H2,1H3,(H2-,26,27,28,29,30,31);/q-1;+1/b8-3-;. The van der Waals surface area contributed by atoms with Crippen molar-refractivity contribution < 1.29 is 13.9 Å². The van der Waals surface area contributed by atoms with E-state index in [0.717, 1.165) is 44.1 Å². The Morgan fingerprint density at radius 3 is 3.00 bits per heavy atom. The van der Waals surface area contributed by atoms with Crippen LogP contribution in [0.4, 0.5) is 10.2 Å². The van der Waals surface area contributed by atoms with Crippen molar-refractivity contribution in [1.82, 2.24) is 22.5 Å². The van der Waals surface area contributed by atoms with Crippen LogP contribution in [-0.4, -0.2) is 61.7 Å². The Bertz CT molecular complexity index is 1270. The van der Waals surface area contributed by atoms with E-state index < -0.39 is 5.82 Å². The summed E-state index contributed by atoms with van der Waals surface area (Å²) in [5.41, 5.74) is 8.25. The Morgan fingerprint density at radius 2 is 2.21 bits per heavy atom. The van der Waals surface area contributed by atoms with Crippen molar-refractivity contribution >= 4 is 48.9 Å². The Kier molecular flexibility index (Phi) is 6.38. The molecule has 3 aliphatic carbocycles. The Hall–Kier alpha value is -2.44. The molecule has 3 unspecified atom stereocenters. The molecule has 3 saturated carbocycles. The zero-order valence-corrected chi connectivity index (χ0v) is 23.6. The number of esters is 1. The zero-order chi connectivity index (χ0) is 23.9. The maximum absolute atomic E-state index is 13.8. The van der Waals surface area contributed by atoms with Gasteiger partial charge in [0.25, 0.3) is 0 Å². The third-order valence-corrected chi connectivity index (χ3v) is 8.79. The molecule has 2 bridgehead atoms. The molecule has 8 nitrogen and oxygen atoms in total. The van der Waals surface area contributed by atoms with E-state index in [1.807, 2.05) is 0 Å². The fraction of sp³-hybridized carbons (Fsp3) is 0.458. The molecular formula is C24H26FN6O2Tl. The van der Waals surface area contributed by atoms with E-state index >= 15 is 0 Å². The molecular weight excluding hydrogens is 628 g/mol. The van der Waals surface area contributed by atoms with Crippen LogP contribution in [0.25, 0.3) is 22.6 Å². The number of rotatable bonds is 5. The van der Waals surface area contributed by atoms with Crippen LogP contribution >= 0.6 is 0 Å². The van der Waals surface area contributed by atoms with Gasteiger partial charge in [0.15, 0.2) is 0 Å². The molecule has 0 spiro atoms. The quantitative estimate of drug-likeness (QED) is 0.256. The van der Waals surface area contributed by atoms with Crippen molar-refractivity contribution in [1.29, 1.82) is 0 Å². The first-order valence-corrected chi connectivity index (χ1v) is 13.6.